The molecule has 1 aliphatic rings. The predicted molar refractivity (Wildman–Crippen MR) is 85.8 cm³/mol. The number of pyridine rings is 1. The highest BCUT2D eigenvalue weighted by Gasteiger charge is 2.32. The van der Waals surface area contributed by atoms with E-state index >= 15 is 0 Å². The van der Waals surface area contributed by atoms with Crippen molar-refractivity contribution in [3.05, 3.63) is 59.9 Å². The Balaban J connectivity index is 1.68. The van der Waals surface area contributed by atoms with Crippen LogP contribution in [0.4, 0.5) is 0 Å². The van der Waals surface area contributed by atoms with Gasteiger partial charge in [-0.1, -0.05) is 12.1 Å². The minimum Gasteiger partial charge on any atom is -0.497 e. The van der Waals surface area contributed by atoms with Crippen LogP contribution in [0.25, 0.3) is 0 Å². The Bertz CT molecular complexity index is 586. The first-order valence-electron chi connectivity index (χ1n) is 7.70. The van der Waals surface area contributed by atoms with Crippen LogP contribution in [-0.2, 0) is 13.0 Å². The smallest absolute Gasteiger partial charge is 0.118 e. The molecule has 3 rings (SSSR count). The van der Waals surface area contributed by atoms with Gasteiger partial charge in [0.2, 0.25) is 0 Å². The lowest BCUT2D eigenvalue weighted by atomic mass is 10.0. The predicted octanol–water partition coefficient (Wildman–Crippen LogP) is 2.27. The molecule has 1 aromatic carbocycles. The average molecular weight is 298 g/mol. The number of methoxy groups -OCH3 is 1. The summed E-state index contributed by atoms with van der Waals surface area (Å²) >= 11 is 0. The van der Waals surface area contributed by atoms with Crippen LogP contribution < -0.4 is 4.74 Å². The van der Waals surface area contributed by atoms with Crippen LogP contribution >= 0.6 is 0 Å². The Morgan fingerprint density at radius 1 is 1.14 bits per heavy atom. The zero-order valence-electron chi connectivity index (χ0n) is 12.9. The van der Waals surface area contributed by atoms with Gasteiger partial charge < -0.3 is 9.84 Å². The van der Waals surface area contributed by atoms with E-state index in [1.54, 1.807) is 7.11 Å². The average Bonchev–Trinajstić information content (AvgIpc) is 2.90. The molecule has 0 aliphatic carbocycles. The summed E-state index contributed by atoms with van der Waals surface area (Å²) in [7, 11) is 1.68. The maximum absolute atomic E-state index is 10.3. The van der Waals surface area contributed by atoms with E-state index in [1.807, 2.05) is 36.7 Å². The number of hydrogen-bond donors (Lipinski definition) is 1. The molecule has 1 aromatic heterocycles. The summed E-state index contributed by atoms with van der Waals surface area (Å²) in [5, 5.41) is 10.3. The van der Waals surface area contributed by atoms with Crippen LogP contribution in [-0.4, -0.2) is 40.8 Å². The fourth-order valence-corrected chi connectivity index (χ4v) is 3.09. The highest BCUT2D eigenvalue weighted by Crippen LogP contribution is 2.24. The van der Waals surface area contributed by atoms with Gasteiger partial charge in [-0.25, -0.2) is 0 Å². The third-order valence-electron chi connectivity index (χ3n) is 4.36. The summed E-state index contributed by atoms with van der Waals surface area (Å²) in [6.45, 7) is 1.79. The first-order valence-corrected chi connectivity index (χ1v) is 7.70. The van der Waals surface area contributed by atoms with E-state index in [0.29, 0.717) is 0 Å². The number of benzene rings is 1. The summed E-state index contributed by atoms with van der Waals surface area (Å²) in [6.07, 6.45) is 5.06. The summed E-state index contributed by atoms with van der Waals surface area (Å²) < 4.78 is 5.20. The molecular formula is C18H22N2O2. The second kappa shape index (κ2) is 6.90. The van der Waals surface area contributed by atoms with Gasteiger partial charge in [0.1, 0.15) is 5.75 Å². The number of hydrogen-bond acceptors (Lipinski definition) is 4. The Morgan fingerprint density at radius 2 is 1.86 bits per heavy atom. The van der Waals surface area contributed by atoms with Crippen molar-refractivity contribution in [2.75, 3.05) is 13.7 Å². The minimum atomic E-state index is -0.258. The van der Waals surface area contributed by atoms with Crippen LogP contribution in [0.15, 0.2) is 48.8 Å². The molecule has 0 saturated carbocycles. The highest BCUT2D eigenvalue weighted by atomic mass is 16.5. The van der Waals surface area contributed by atoms with E-state index in [1.165, 1.54) is 11.1 Å². The van der Waals surface area contributed by atoms with Crippen molar-refractivity contribution in [3.8, 4) is 5.75 Å². The van der Waals surface area contributed by atoms with Gasteiger partial charge >= 0.3 is 0 Å². The minimum absolute atomic E-state index is 0.171. The molecule has 1 N–H and O–H groups in total. The summed E-state index contributed by atoms with van der Waals surface area (Å²) in [5.41, 5.74) is 2.47. The van der Waals surface area contributed by atoms with E-state index in [-0.39, 0.29) is 12.1 Å². The molecular weight excluding hydrogens is 276 g/mol. The molecule has 116 valence electrons. The van der Waals surface area contributed by atoms with E-state index < -0.39 is 0 Å². The number of likely N-dealkylation sites (tertiary alicyclic amines) is 1. The zero-order valence-corrected chi connectivity index (χ0v) is 12.9. The van der Waals surface area contributed by atoms with E-state index in [0.717, 1.165) is 31.7 Å². The lowest BCUT2D eigenvalue weighted by Gasteiger charge is -2.26. The van der Waals surface area contributed by atoms with Gasteiger partial charge in [0, 0.05) is 31.5 Å². The Morgan fingerprint density at radius 3 is 2.55 bits per heavy atom. The van der Waals surface area contributed by atoms with Crippen molar-refractivity contribution in [1.82, 2.24) is 9.88 Å². The lowest BCUT2D eigenvalue weighted by molar-refractivity contribution is 0.112. The second-order valence-corrected chi connectivity index (χ2v) is 5.80. The molecule has 4 nitrogen and oxygen atoms in total. The van der Waals surface area contributed by atoms with Crippen LogP contribution in [0.2, 0.25) is 0 Å². The van der Waals surface area contributed by atoms with Crippen molar-refractivity contribution in [3.63, 3.8) is 0 Å². The lowest BCUT2D eigenvalue weighted by Crippen LogP contribution is -2.36. The van der Waals surface area contributed by atoms with E-state index in [9.17, 15) is 5.11 Å². The molecule has 0 radical (unpaired) electrons. The normalized spacial score (nSPS) is 21.9. The largest absolute Gasteiger partial charge is 0.497 e. The molecule has 2 heterocycles. The van der Waals surface area contributed by atoms with Crippen LogP contribution in [0.5, 0.6) is 5.75 Å². The topological polar surface area (TPSA) is 45.6 Å². The summed E-state index contributed by atoms with van der Waals surface area (Å²) in [5.74, 6) is 0.874. The summed E-state index contributed by atoms with van der Waals surface area (Å²) in [6, 6.07) is 12.4. The summed E-state index contributed by atoms with van der Waals surface area (Å²) in [4.78, 5) is 6.42. The zero-order chi connectivity index (χ0) is 15.4. The van der Waals surface area contributed by atoms with Gasteiger partial charge in [0.25, 0.3) is 0 Å². The van der Waals surface area contributed by atoms with Crippen molar-refractivity contribution in [1.29, 1.82) is 0 Å². The van der Waals surface area contributed by atoms with E-state index in [4.69, 9.17) is 4.74 Å². The van der Waals surface area contributed by atoms with Gasteiger partial charge in [-0.05, 0) is 48.2 Å². The maximum atomic E-state index is 10.3. The molecule has 1 fully saturated rings. The van der Waals surface area contributed by atoms with Gasteiger partial charge in [-0.3, -0.25) is 9.88 Å². The standard InChI is InChI=1S/C18H22N2O2/c1-22-16-4-2-15(3-5-16)13-20-11-8-18(21)17(20)12-14-6-9-19-10-7-14/h2-7,9-10,17-18,21H,8,11-13H2,1H3/t17-,18+/m0/s1. The first kappa shape index (κ1) is 15.0. The number of aliphatic hydroxyl groups excluding tert-OH is 1. The monoisotopic (exact) mass is 298 g/mol. The molecule has 1 aliphatic heterocycles. The maximum Gasteiger partial charge on any atom is 0.118 e. The Hall–Kier alpha value is -1.91. The molecule has 1 saturated heterocycles. The second-order valence-electron chi connectivity index (χ2n) is 5.80. The van der Waals surface area contributed by atoms with Crippen molar-refractivity contribution in [2.24, 2.45) is 0 Å². The molecule has 2 aromatic rings. The number of rotatable bonds is 5. The molecule has 0 amide bonds. The molecule has 4 heteroatoms. The third-order valence-corrected chi connectivity index (χ3v) is 4.36. The van der Waals surface area contributed by atoms with Crippen molar-refractivity contribution in [2.45, 2.75) is 31.5 Å². The van der Waals surface area contributed by atoms with E-state index in [2.05, 4.69) is 22.0 Å². The van der Waals surface area contributed by atoms with Crippen LogP contribution in [0.3, 0.4) is 0 Å². The van der Waals surface area contributed by atoms with Gasteiger partial charge in [0.05, 0.1) is 13.2 Å². The number of aromatic nitrogens is 1. The van der Waals surface area contributed by atoms with Crippen LogP contribution in [0, 0.1) is 0 Å². The third kappa shape index (κ3) is 3.46. The molecule has 0 spiro atoms. The highest BCUT2D eigenvalue weighted by molar-refractivity contribution is 5.27. The van der Waals surface area contributed by atoms with Crippen LogP contribution in [0.1, 0.15) is 17.5 Å². The number of nitrogens with zero attached hydrogens (tertiary/aromatic N) is 2. The Labute approximate surface area is 131 Å². The SMILES string of the molecule is COc1ccc(CN2CC[C@@H](O)[C@@H]2Cc2ccncc2)cc1. The molecule has 0 bridgehead atoms. The fourth-order valence-electron chi connectivity index (χ4n) is 3.09. The van der Waals surface area contributed by atoms with Gasteiger partial charge in [-0.2, -0.15) is 0 Å². The van der Waals surface area contributed by atoms with Gasteiger partial charge in [-0.15, -0.1) is 0 Å². The van der Waals surface area contributed by atoms with Crippen molar-refractivity contribution < 1.29 is 9.84 Å². The quantitative estimate of drug-likeness (QED) is 0.920. The van der Waals surface area contributed by atoms with Gasteiger partial charge in [0.15, 0.2) is 0 Å². The molecule has 2 atom stereocenters. The molecule has 0 unspecified atom stereocenters. The fraction of sp³-hybridized carbons (Fsp3) is 0.389. The van der Waals surface area contributed by atoms with Crippen molar-refractivity contribution >= 4 is 0 Å². The number of ether oxygens (including phenoxy) is 1. The molecule has 22 heavy (non-hydrogen) atoms. The number of aliphatic hydroxyl groups is 1. The first-order chi connectivity index (χ1) is 10.8. The Kier molecular flexibility index (Phi) is 4.71.